The average molecular weight is 386 g/mol. The van der Waals surface area contributed by atoms with Crippen LogP contribution in [0.15, 0.2) is 42.5 Å². The average Bonchev–Trinajstić information content (AvgIpc) is 2.71. The summed E-state index contributed by atoms with van der Waals surface area (Å²) in [5.41, 5.74) is 8.44. The monoisotopic (exact) mass is 385 g/mol. The second kappa shape index (κ2) is 8.11. The predicted molar refractivity (Wildman–Crippen MR) is 108 cm³/mol. The van der Waals surface area contributed by atoms with E-state index < -0.39 is 5.91 Å². The highest BCUT2D eigenvalue weighted by molar-refractivity contribution is 6.30. The molecule has 3 rings (SSSR count). The molecule has 0 unspecified atom stereocenters. The fourth-order valence-electron chi connectivity index (χ4n) is 3.43. The number of anilines is 1. The number of halogens is 1. The molecule has 0 radical (unpaired) electrons. The molecular weight excluding hydrogens is 362 g/mol. The van der Waals surface area contributed by atoms with E-state index in [0.717, 1.165) is 17.5 Å². The van der Waals surface area contributed by atoms with Crippen molar-refractivity contribution >= 4 is 29.1 Å². The standard InChI is InChI=1S/C21H24ClN3O2/c1-13(2)8-19-21(27)24-18-10-15(20(23)26)6-7-16(18)12-25(19)11-14-4-3-5-17(22)9-14/h3-7,9-10,13,19H,8,11-12H2,1-2H3,(H2,23,26)(H,24,27)/t19-/m0/s1. The summed E-state index contributed by atoms with van der Waals surface area (Å²) in [5, 5.41) is 3.67. The Morgan fingerprint density at radius 2 is 2.07 bits per heavy atom. The zero-order valence-electron chi connectivity index (χ0n) is 15.5. The summed E-state index contributed by atoms with van der Waals surface area (Å²) >= 11 is 6.13. The van der Waals surface area contributed by atoms with Gasteiger partial charge in [0, 0.05) is 29.4 Å². The first-order chi connectivity index (χ1) is 12.8. The number of benzene rings is 2. The number of nitrogens with zero attached hydrogens (tertiary/aromatic N) is 1. The molecular formula is C21H24ClN3O2. The van der Waals surface area contributed by atoms with E-state index >= 15 is 0 Å². The first-order valence-electron chi connectivity index (χ1n) is 9.05. The van der Waals surface area contributed by atoms with Crippen LogP contribution < -0.4 is 11.1 Å². The number of carbonyl (C=O) groups excluding carboxylic acids is 2. The maximum Gasteiger partial charge on any atom is 0.248 e. The molecule has 5 nitrogen and oxygen atoms in total. The van der Waals surface area contributed by atoms with Crippen LogP contribution >= 0.6 is 11.6 Å². The van der Waals surface area contributed by atoms with Crippen LogP contribution in [0.2, 0.25) is 5.02 Å². The van der Waals surface area contributed by atoms with E-state index in [-0.39, 0.29) is 11.9 Å². The molecule has 1 aliphatic rings. The molecule has 142 valence electrons. The number of nitrogens with one attached hydrogen (secondary N) is 1. The van der Waals surface area contributed by atoms with Crippen LogP contribution in [-0.2, 0) is 17.9 Å². The van der Waals surface area contributed by atoms with E-state index in [0.29, 0.717) is 35.3 Å². The molecule has 27 heavy (non-hydrogen) atoms. The van der Waals surface area contributed by atoms with Gasteiger partial charge in [-0.3, -0.25) is 14.5 Å². The summed E-state index contributed by atoms with van der Waals surface area (Å²) in [6, 6.07) is 12.6. The summed E-state index contributed by atoms with van der Waals surface area (Å²) in [6.45, 7) is 5.42. The van der Waals surface area contributed by atoms with Gasteiger partial charge in [0.1, 0.15) is 0 Å². The van der Waals surface area contributed by atoms with Gasteiger partial charge in [0.2, 0.25) is 11.8 Å². The number of primary amides is 1. The maximum absolute atomic E-state index is 13.0. The van der Waals surface area contributed by atoms with Gasteiger partial charge in [-0.2, -0.15) is 0 Å². The molecule has 0 bridgehead atoms. The lowest BCUT2D eigenvalue weighted by molar-refractivity contribution is -0.122. The number of nitrogens with two attached hydrogens (primary N) is 1. The highest BCUT2D eigenvalue weighted by Gasteiger charge is 2.31. The number of amides is 2. The molecule has 0 saturated heterocycles. The summed E-state index contributed by atoms with van der Waals surface area (Å²) < 4.78 is 0. The third kappa shape index (κ3) is 4.67. The predicted octanol–water partition coefficient (Wildman–Crippen LogP) is 3.81. The van der Waals surface area contributed by atoms with Crippen molar-refractivity contribution in [1.82, 2.24) is 4.90 Å². The van der Waals surface area contributed by atoms with E-state index in [9.17, 15) is 9.59 Å². The molecule has 6 heteroatoms. The first-order valence-corrected chi connectivity index (χ1v) is 9.43. The number of hydrogen-bond acceptors (Lipinski definition) is 3. The molecule has 2 aromatic rings. The number of hydrogen-bond donors (Lipinski definition) is 2. The lowest BCUT2D eigenvalue weighted by atomic mass is 10.0. The van der Waals surface area contributed by atoms with Crippen molar-refractivity contribution in [3.05, 3.63) is 64.2 Å². The Kier molecular flexibility index (Phi) is 5.82. The Labute approximate surface area is 164 Å². The zero-order chi connectivity index (χ0) is 19.6. The molecule has 2 aromatic carbocycles. The SMILES string of the molecule is CC(C)C[C@H]1C(=O)Nc2cc(C(N)=O)ccc2CN1Cc1cccc(Cl)c1. The molecule has 1 atom stereocenters. The number of carbonyl (C=O) groups is 2. The van der Waals surface area contributed by atoms with Crippen LogP contribution in [0.1, 0.15) is 41.8 Å². The van der Waals surface area contributed by atoms with Crippen molar-refractivity contribution in [3.8, 4) is 0 Å². The third-order valence-corrected chi connectivity index (χ3v) is 4.97. The number of rotatable bonds is 5. The summed E-state index contributed by atoms with van der Waals surface area (Å²) in [7, 11) is 0. The van der Waals surface area contributed by atoms with Gasteiger partial charge in [-0.05, 0) is 47.7 Å². The van der Waals surface area contributed by atoms with Gasteiger partial charge >= 0.3 is 0 Å². The zero-order valence-corrected chi connectivity index (χ0v) is 16.3. The van der Waals surface area contributed by atoms with Crippen LogP contribution in [0.25, 0.3) is 0 Å². The smallest absolute Gasteiger partial charge is 0.248 e. The van der Waals surface area contributed by atoms with E-state index in [2.05, 4.69) is 24.1 Å². The fraction of sp³-hybridized carbons (Fsp3) is 0.333. The molecule has 0 spiro atoms. The van der Waals surface area contributed by atoms with E-state index in [1.165, 1.54) is 0 Å². The van der Waals surface area contributed by atoms with E-state index in [1.54, 1.807) is 12.1 Å². The van der Waals surface area contributed by atoms with Crippen molar-refractivity contribution in [2.24, 2.45) is 11.7 Å². The van der Waals surface area contributed by atoms with Gasteiger partial charge in [0.25, 0.3) is 0 Å². The summed E-state index contributed by atoms with van der Waals surface area (Å²) in [4.78, 5) is 26.6. The van der Waals surface area contributed by atoms with Crippen molar-refractivity contribution in [2.75, 3.05) is 5.32 Å². The second-order valence-electron chi connectivity index (χ2n) is 7.41. The van der Waals surface area contributed by atoms with Gasteiger partial charge in [-0.1, -0.05) is 43.6 Å². The van der Waals surface area contributed by atoms with Crippen LogP contribution in [0.4, 0.5) is 5.69 Å². The Hall–Kier alpha value is -2.37. The normalized spacial score (nSPS) is 17.3. The highest BCUT2D eigenvalue weighted by Crippen LogP contribution is 2.28. The van der Waals surface area contributed by atoms with Crippen molar-refractivity contribution < 1.29 is 9.59 Å². The van der Waals surface area contributed by atoms with Crippen LogP contribution in [0, 0.1) is 5.92 Å². The lowest BCUT2D eigenvalue weighted by Crippen LogP contribution is -2.42. The minimum absolute atomic E-state index is 0.0638. The maximum atomic E-state index is 13.0. The van der Waals surface area contributed by atoms with Crippen LogP contribution in [0.5, 0.6) is 0 Å². The largest absolute Gasteiger partial charge is 0.366 e. The molecule has 3 N–H and O–H groups in total. The highest BCUT2D eigenvalue weighted by atomic mass is 35.5. The molecule has 2 amide bonds. The van der Waals surface area contributed by atoms with Gasteiger partial charge in [0.15, 0.2) is 0 Å². The van der Waals surface area contributed by atoms with Gasteiger partial charge < -0.3 is 11.1 Å². The topological polar surface area (TPSA) is 75.4 Å². The Morgan fingerprint density at radius 3 is 2.74 bits per heavy atom. The first kappa shape index (κ1) is 19.4. The molecule has 1 aliphatic heterocycles. The molecule has 0 saturated carbocycles. The third-order valence-electron chi connectivity index (χ3n) is 4.74. The summed E-state index contributed by atoms with van der Waals surface area (Å²) in [5.74, 6) is -0.207. The molecule has 1 heterocycles. The van der Waals surface area contributed by atoms with Crippen molar-refractivity contribution in [1.29, 1.82) is 0 Å². The second-order valence-corrected chi connectivity index (χ2v) is 7.84. The minimum atomic E-state index is -0.509. The molecule has 0 fully saturated rings. The summed E-state index contributed by atoms with van der Waals surface area (Å²) in [6.07, 6.45) is 0.739. The van der Waals surface area contributed by atoms with Crippen molar-refractivity contribution in [2.45, 2.75) is 39.4 Å². The van der Waals surface area contributed by atoms with Crippen LogP contribution in [0.3, 0.4) is 0 Å². The Morgan fingerprint density at radius 1 is 1.30 bits per heavy atom. The Bertz CT molecular complexity index is 866. The van der Waals surface area contributed by atoms with Crippen molar-refractivity contribution in [3.63, 3.8) is 0 Å². The van der Waals surface area contributed by atoms with Crippen LogP contribution in [-0.4, -0.2) is 22.8 Å². The molecule has 0 aliphatic carbocycles. The van der Waals surface area contributed by atoms with Gasteiger partial charge in [-0.25, -0.2) is 0 Å². The Balaban J connectivity index is 1.96. The van der Waals surface area contributed by atoms with E-state index in [4.69, 9.17) is 17.3 Å². The quantitative estimate of drug-likeness (QED) is 0.821. The van der Waals surface area contributed by atoms with Gasteiger partial charge in [-0.15, -0.1) is 0 Å². The number of fused-ring (bicyclic) bond motifs is 1. The minimum Gasteiger partial charge on any atom is -0.366 e. The fourth-order valence-corrected chi connectivity index (χ4v) is 3.65. The lowest BCUT2D eigenvalue weighted by Gasteiger charge is -2.29. The van der Waals surface area contributed by atoms with E-state index in [1.807, 2.05) is 30.3 Å². The molecule has 0 aromatic heterocycles. The van der Waals surface area contributed by atoms with Gasteiger partial charge in [0.05, 0.1) is 6.04 Å².